The molecule has 0 spiro atoms. The molecule has 0 saturated heterocycles. The molecular formula is C13H15N3O. The number of nitrogens with zero attached hydrogens (tertiary/aromatic N) is 1. The van der Waals surface area contributed by atoms with E-state index in [0.29, 0.717) is 12.1 Å². The van der Waals surface area contributed by atoms with Gasteiger partial charge in [0.05, 0.1) is 5.56 Å². The number of pyridine rings is 1. The van der Waals surface area contributed by atoms with Gasteiger partial charge in [-0.15, -0.1) is 0 Å². The van der Waals surface area contributed by atoms with Gasteiger partial charge in [-0.05, 0) is 37.1 Å². The Morgan fingerprint density at radius 2 is 2.24 bits per heavy atom. The summed E-state index contributed by atoms with van der Waals surface area (Å²) in [4.78, 5) is 18.8. The van der Waals surface area contributed by atoms with Crippen molar-refractivity contribution in [3.05, 3.63) is 53.1 Å². The van der Waals surface area contributed by atoms with Crippen LogP contribution >= 0.6 is 0 Å². The minimum absolute atomic E-state index is 0.0751. The third kappa shape index (κ3) is 2.53. The molecule has 0 aromatic carbocycles. The highest BCUT2D eigenvalue weighted by molar-refractivity contribution is 5.93. The van der Waals surface area contributed by atoms with E-state index in [2.05, 4.69) is 15.3 Å². The van der Waals surface area contributed by atoms with Crippen molar-refractivity contribution in [1.82, 2.24) is 15.3 Å². The van der Waals surface area contributed by atoms with E-state index < -0.39 is 0 Å². The lowest BCUT2D eigenvalue weighted by atomic mass is 10.1. The van der Waals surface area contributed by atoms with Gasteiger partial charge in [0.1, 0.15) is 0 Å². The van der Waals surface area contributed by atoms with Crippen molar-refractivity contribution in [2.45, 2.75) is 20.4 Å². The molecule has 1 amide bonds. The van der Waals surface area contributed by atoms with E-state index in [4.69, 9.17) is 0 Å². The summed E-state index contributed by atoms with van der Waals surface area (Å²) in [5, 5.41) is 2.88. The number of aryl methyl sites for hydroxylation is 2. The zero-order chi connectivity index (χ0) is 12.3. The highest BCUT2D eigenvalue weighted by Crippen LogP contribution is 2.10. The van der Waals surface area contributed by atoms with Gasteiger partial charge in [-0.3, -0.25) is 9.78 Å². The van der Waals surface area contributed by atoms with Gasteiger partial charge in [-0.2, -0.15) is 0 Å². The van der Waals surface area contributed by atoms with Crippen LogP contribution in [-0.4, -0.2) is 15.9 Å². The number of amides is 1. The van der Waals surface area contributed by atoms with Gasteiger partial charge in [0.15, 0.2) is 0 Å². The Kier molecular flexibility index (Phi) is 3.23. The maximum Gasteiger partial charge on any atom is 0.253 e. The SMILES string of the molecule is Cc1ccnc(C)c1CNC(=O)c1cc[nH]c1. The summed E-state index contributed by atoms with van der Waals surface area (Å²) in [6.07, 6.45) is 5.19. The van der Waals surface area contributed by atoms with Crippen LogP contribution in [0.15, 0.2) is 30.7 Å². The van der Waals surface area contributed by atoms with Crippen LogP contribution in [0.5, 0.6) is 0 Å². The molecule has 0 aliphatic carbocycles. The lowest BCUT2D eigenvalue weighted by Crippen LogP contribution is -2.23. The summed E-state index contributed by atoms with van der Waals surface area (Å²) < 4.78 is 0. The standard InChI is InChI=1S/C13H15N3O/c1-9-3-6-15-10(2)12(9)8-16-13(17)11-4-5-14-7-11/h3-7,14H,8H2,1-2H3,(H,16,17). The van der Waals surface area contributed by atoms with Gasteiger partial charge in [-0.25, -0.2) is 0 Å². The summed E-state index contributed by atoms with van der Waals surface area (Å²) in [5.74, 6) is -0.0751. The smallest absolute Gasteiger partial charge is 0.253 e. The molecule has 2 heterocycles. The first kappa shape index (κ1) is 11.4. The van der Waals surface area contributed by atoms with Crippen molar-refractivity contribution in [2.75, 3.05) is 0 Å². The zero-order valence-electron chi connectivity index (χ0n) is 9.95. The highest BCUT2D eigenvalue weighted by atomic mass is 16.1. The van der Waals surface area contributed by atoms with Gasteiger partial charge in [-0.1, -0.05) is 0 Å². The Bertz CT molecular complexity index is 497. The molecule has 88 valence electrons. The molecule has 2 N–H and O–H groups in total. The first-order valence-corrected chi connectivity index (χ1v) is 5.50. The maximum atomic E-state index is 11.8. The van der Waals surface area contributed by atoms with E-state index in [1.54, 1.807) is 24.7 Å². The Morgan fingerprint density at radius 3 is 2.88 bits per heavy atom. The summed E-state index contributed by atoms with van der Waals surface area (Å²) >= 11 is 0. The molecule has 0 radical (unpaired) electrons. The van der Waals surface area contributed by atoms with Crippen LogP contribution in [0.2, 0.25) is 0 Å². The topological polar surface area (TPSA) is 57.8 Å². The van der Waals surface area contributed by atoms with E-state index in [1.807, 2.05) is 19.9 Å². The third-order valence-electron chi connectivity index (χ3n) is 2.79. The zero-order valence-corrected chi connectivity index (χ0v) is 9.95. The molecule has 4 nitrogen and oxygen atoms in total. The first-order valence-electron chi connectivity index (χ1n) is 5.50. The van der Waals surface area contributed by atoms with Crippen molar-refractivity contribution in [3.8, 4) is 0 Å². The van der Waals surface area contributed by atoms with E-state index in [0.717, 1.165) is 16.8 Å². The minimum atomic E-state index is -0.0751. The molecule has 0 bridgehead atoms. The number of rotatable bonds is 3. The minimum Gasteiger partial charge on any atom is -0.367 e. The number of nitrogens with one attached hydrogen (secondary N) is 2. The summed E-state index contributed by atoms with van der Waals surface area (Å²) in [5.41, 5.74) is 3.83. The van der Waals surface area contributed by atoms with E-state index in [9.17, 15) is 4.79 Å². The predicted octanol–water partition coefficient (Wildman–Crippen LogP) is 1.96. The normalized spacial score (nSPS) is 10.2. The van der Waals surface area contributed by atoms with Gasteiger partial charge >= 0.3 is 0 Å². The monoisotopic (exact) mass is 229 g/mol. The molecule has 0 fully saturated rings. The molecule has 17 heavy (non-hydrogen) atoms. The quantitative estimate of drug-likeness (QED) is 0.845. The van der Waals surface area contributed by atoms with Crippen LogP contribution < -0.4 is 5.32 Å². The molecule has 0 saturated carbocycles. The van der Waals surface area contributed by atoms with Crippen LogP contribution in [0, 0.1) is 13.8 Å². The largest absolute Gasteiger partial charge is 0.367 e. The third-order valence-corrected chi connectivity index (χ3v) is 2.79. The molecule has 0 aliphatic rings. The van der Waals surface area contributed by atoms with E-state index in [1.165, 1.54) is 0 Å². The molecule has 2 aromatic heterocycles. The average Bonchev–Trinajstić information content (AvgIpc) is 2.81. The molecule has 0 aliphatic heterocycles. The summed E-state index contributed by atoms with van der Waals surface area (Å²) in [7, 11) is 0. The van der Waals surface area contributed by atoms with E-state index >= 15 is 0 Å². The van der Waals surface area contributed by atoms with Crippen LogP contribution in [0.4, 0.5) is 0 Å². The number of aromatic amines is 1. The van der Waals surface area contributed by atoms with Crippen LogP contribution in [0.1, 0.15) is 27.2 Å². The number of aromatic nitrogens is 2. The van der Waals surface area contributed by atoms with Crippen molar-refractivity contribution in [1.29, 1.82) is 0 Å². The van der Waals surface area contributed by atoms with Crippen molar-refractivity contribution in [3.63, 3.8) is 0 Å². The van der Waals surface area contributed by atoms with Crippen LogP contribution in [0.25, 0.3) is 0 Å². The van der Waals surface area contributed by atoms with Crippen molar-refractivity contribution in [2.24, 2.45) is 0 Å². The Labute approximate surface area is 100 Å². The fourth-order valence-electron chi connectivity index (χ4n) is 1.73. The lowest BCUT2D eigenvalue weighted by molar-refractivity contribution is 0.0951. The van der Waals surface area contributed by atoms with Crippen LogP contribution in [-0.2, 0) is 6.54 Å². The highest BCUT2D eigenvalue weighted by Gasteiger charge is 2.07. The molecule has 2 aromatic rings. The van der Waals surface area contributed by atoms with E-state index in [-0.39, 0.29) is 5.91 Å². The first-order chi connectivity index (χ1) is 8.18. The molecular weight excluding hydrogens is 214 g/mol. The molecule has 0 atom stereocenters. The van der Waals surface area contributed by atoms with Crippen LogP contribution in [0.3, 0.4) is 0 Å². The average molecular weight is 229 g/mol. The van der Waals surface area contributed by atoms with Gasteiger partial charge in [0, 0.05) is 30.8 Å². The second-order valence-corrected chi connectivity index (χ2v) is 3.97. The fourth-order valence-corrected chi connectivity index (χ4v) is 1.73. The van der Waals surface area contributed by atoms with Gasteiger partial charge in [0.2, 0.25) is 0 Å². The number of carbonyl (C=O) groups is 1. The van der Waals surface area contributed by atoms with Gasteiger partial charge in [0.25, 0.3) is 5.91 Å². The number of hydrogen-bond donors (Lipinski definition) is 2. The fraction of sp³-hybridized carbons (Fsp3) is 0.231. The summed E-state index contributed by atoms with van der Waals surface area (Å²) in [6, 6.07) is 3.70. The van der Waals surface area contributed by atoms with Crippen molar-refractivity contribution < 1.29 is 4.79 Å². The Balaban J connectivity index is 2.06. The molecule has 2 rings (SSSR count). The van der Waals surface area contributed by atoms with Crippen molar-refractivity contribution >= 4 is 5.91 Å². The number of carbonyl (C=O) groups excluding carboxylic acids is 1. The Morgan fingerprint density at radius 1 is 1.41 bits per heavy atom. The number of hydrogen-bond acceptors (Lipinski definition) is 2. The molecule has 0 unspecified atom stereocenters. The summed E-state index contributed by atoms with van der Waals surface area (Å²) in [6.45, 7) is 4.48. The second kappa shape index (κ2) is 4.82. The predicted molar refractivity (Wildman–Crippen MR) is 65.7 cm³/mol. The Hall–Kier alpha value is -2.10. The molecule has 4 heteroatoms. The van der Waals surface area contributed by atoms with Gasteiger partial charge < -0.3 is 10.3 Å². The lowest BCUT2D eigenvalue weighted by Gasteiger charge is -2.09. The maximum absolute atomic E-state index is 11.8. The number of H-pyrrole nitrogens is 1. The second-order valence-electron chi connectivity index (χ2n) is 3.97.